The van der Waals surface area contributed by atoms with Gasteiger partial charge >= 0.3 is 0 Å². The first-order valence-corrected chi connectivity index (χ1v) is 6.86. The van der Waals surface area contributed by atoms with E-state index in [-0.39, 0.29) is 5.28 Å². The van der Waals surface area contributed by atoms with Crippen molar-refractivity contribution in [3.63, 3.8) is 0 Å². The predicted octanol–water partition coefficient (Wildman–Crippen LogP) is 3.99. The molecule has 0 spiro atoms. The summed E-state index contributed by atoms with van der Waals surface area (Å²) < 4.78 is 0.846. The van der Waals surface area contributed by atoms with Gasteiger partial charge in [-0.15, -0.1) is 0 Å². The summed E-state index contributed by atoms with van der Waals surface area (Å²) in [5.74, 6) is 1.42. The van der Waals surface area contributed by atoms with Gasteiger partial charge in [0.2, 0.25) is 5.28 Å². The Morgan fingerprint density at radius 1 is 1.35 bits per heavy atom. The molecule has 0 amide bonds. The Labute approximate surface area is 116 Å². The standard InChI is InChI=1S/C12H17BrClN3/c1-11(2)8(12(11,3)4)6-15-9-7(13)5-16-10(14)17-9/h5,8H,6H2,1-4H3,(H,15,16,17). The Kier molecular flexibility index (Phi) is 3.15. The van der Waals surface area contributed by atoms with Gasteiger partial charge in [0.05, 0.1) is 4.47 Å². The minimum Gasteiger partial charge on any atom is -0.369 e. The zero-order valence-corrected chi connectivity index (χ0v) is 12.9. The summed E-state index contributed by atoms with van der Waals surface area (Å²) in [6, 6.07) is 0. The van der Waals surface area contributed by atoms with Crippen LogP contribution in [-0.4, -0.2) is 16.5 Å². The first-order chi connectivity index (χ1) is 7.76. The van der Waals surface area contributed by atoms with E-state index < -0.39 is 0 Å². The number of anilines is 1. The number of nitrogens with one attached hydrogen (secondary N) is 1. The van der Waals surface area contributed by atoms with Crippen LogP contribution in [0, 0.1) is 16.7 Å². The fourth-order valence-corrected chi connectivity index (χ4v) is 2.98. The minimum atomic E-state index is 0.269. The largest absolute Gasteiger partial charge is 0.369 e. The topological polar surface area (TPSA) is 37.8 Å². The van der Waals surface area contributed by atoms with E-state index in [1.54, 1.807) is 6.20 Å². The molecule has 0 saturated heterocycles. The van der Waals surface area contributed by atoms with Crippen molar-refractivity contribution in [1.29, 1.82) is 0 Å². The molecule has 1 heterocycles. The molecule has 5 heteroatoms. The number of rotatable bonds is 3. The van der Waals surface area contributed by atoms with E-state index in [0.29, 0.717) is 16.7 Å². The number of aromatic nitrogens is 2. The van der Waals surface area contributed by atoms with Crippen molar-refractivity contribution in [2.45, 2.75) is 27.7 Å². The molecular weight excluding hydrogens is 302 g/mol. The summed E-state index contributed by atoms with van der Waals surface area (Å²) in [7, 11) is 0. The molecule has 3 nitrogen and oxygen atoms in total. The van der Waals surface area contributed by atoms with E-state index in [0.717, 1.165) is 16.8 Å². The van der Waals surface area contributed by atoms with Gasteiger partial charge in [0.1, 0.15) is 5.82 Å². The number of halogens is 2. The zero-order valence-electron chi connectivity index (χ0n) is 10.5. The van der Waals surface area contributed by atoms with Crippen LogP contribution in [0.15, 0.2) is 10.7 Å². The number of nitrogens with zero attached hydrogens (tertiary/aromatic N) is 2. The zero-order chi connectivity index (χ0) is 12.8. The molecule has 0 aromatic carbocycles. The Balaban J connectivity index is 2.03. The van der Waals surface area contributed by atoms with E-state index in [4.69, 9.17) is 11.6 Å². The molecule has 0 unspecified atom stereocenters. The van der Waals surface area contributed by atoms with Crippen molar-refractivity contribution in [1.82, 2.24) is 9.97 Å². The molecule has 0 atom stereocenters. The molecule has 94 valence electrons. The van der Waals surface area contributed by atoms with Crippen LogP contribution < -0.4 is 5.32 Å². The molecule has 1 saturated carbocycles. The van der Waals surface area contributed by atoms with Gasteiger partial charge in [-0.25, -0.2) is 4.98 Å². The van der Waals surface area contributed by atoms with Crippen LogP contribution in [0.4, 0.5) is 5.82 Å². The molecule has 1 N–H and O–H groups in total. The van der Waals surface area contributed by atoms with Gasteiger partial charge in [-0.3, -0.25) is 0 Å². The van der Waals surface area contributed by atoms with Gasteiger partial charge < -0.3 is 5.32 Å². The van der Waals surface area contributed by atoms with Crippen LogP contribution in [0.1, 0.15) is 27.7 Å². The van der Waals surface area contributed by atoms with Crippen molar-refractivity contribution in [2.24, 2.45) is 16.7 Å². The van der Waals surface area contributed by atoms with Crippen LogP contribution >= 0.6 is 27.5 Å². The second kappa shape index (κ2) is 4.09. The first kappa shape index (κ1) is 13.1. The average molecular weight is 319 g/mol. The van der Waals surface area contributed by atoms with Gasteiger partial charge in [0.25, 0.3) is 0 Å². The van der Waals surface area contributed by atoms with Crippen molar-refractivity contribution in [2.75, 3.05) is 11.9 Å². The third-order valence-corrected chi connectivity index (χ3v) is 5.27. The lowest BCUT2D eigenvalue weighted by Gasteiger charge is -2.08. The summed E-state index contributed by atoms with van der Waals surface area (Å²) in [5, 5.41) is 3.61. The van der Waals surface area contributed by atoms with E-state index in [1.165, 1.54) is 0 Å². The smallest absolute Gasteiger partial charge is 0.224 e. The maximum atomic E-state index is 5.78. The Hall–Kier alpha value is -0.350. The second-order valence-electron chi connectivity index (χ2n) is 5.71. The van der Waals surface area contributed by atoms with Gasteiger partial charge in [-0.05, 0) is 44.3 Å². The second-order valence-corrected chi connectivity index (χ2v) is 6.90. The fraction of sp³-hybridized carbons (Fsp3) is 0.667. The summed E-state index contributed by atoms with van der Waals surface area (Å²) in [6.45, 7) is 10.1. The summed E-state index contributed by atoms with van der Waals surface area (Å²) in [6.07, 6.45) is 1.67. The molecule has 1 aromatic heterocycles. The molecule has 1 fully saturated rings. The third-order valence-electron chi connectivity index (χ3n) is 4.51. The van der Waals surface area contributed by atoms with Crippen molar-refractivity contribution in [3.8, 4) is 0 Å². The molecule has 0 aliphatic heterocycles. The number of hydrogen-bond acceptors (Lipinski definition) is 3. The number of hydrogen-bond donors (Lipinski definition) is 1. The Morgan fingerprint density at radius 2 is 1.94 bits per heavy atom. The van der Waals surface area contributed by atoms with E-state index >= 15 is 0 Å². The van der Waals surface area contributed by atoms with Crippen LogP contribution in [0.3, 0.4) is 0 Å². The minimum absolute atomic E-state index is 0.269. The Bertz CT molecular complexity index is 431. The van der Waals surface area contributed by atoms with Crippen LogP contribution in [0.2, 0.25) is 5.28 Å². The maximum absolute atomic E-state index is 5.78. The van der Waals surface area contributed by atoms with Crippen molar-refractivity contribution < 1.29 is 0 Å². The summed E-state index contributed by atoms with van der Waals surface area (Å²) in [5.41, 5.74) is 0.757. The SMILES string of the molecule is CC1(C)C(CNc2nc(Cl)ncc2Br)C1(C)C. The highest BCUT2D eigenvalue weighted by molar-refractivity contribution is 9.10. The molecule has 0 radical (unpaired) electrons. The molecule has 17 heavy (non-hydrogen) atoms. The summed E-state index contributed by atoms with van der Waals surface area (Å²) >= 11 is 9.19. The lowest BCUT2D eigenvalue weighted by molar-refractivity contribution is 0.457. The van der Waals surface area contributed by atoms with Gasteiger partial charge in [0, 0.05) is 12.7 Å². The van der Waals surface area contributed by atoms with Gasteiger partial charge in [-0.1, -0.05) is 27.7 Å². The summed E-state index contributed by atoms with van der Waals surface area (Å²) in [4.78, 5) is 8.07. The monoisotopic (exact) mass is 317 g/mol. The van der Waals surface area contributed by atoms with Crippen LogP contribution in [0.5, 0.6) is 0 Å². The fourth-order valence-electron chi connectivity index (χ4n) is 2.51. The van der Waals surface area contributed by atoms with Gasteiger partial charge in [-0.2, -0.15) is 4.98 Å². The average Bonchev–Trinajstić information content (AvgIpc) is 2.60. The van der Waals surface area contributed by atoms with Crippen molar-refractivity contribution in [3.05, 3.63) is 16.0 Å². The molecular formula is C12H17BrClN3. The highest BCUT2D eigenvalue weighted by Gasteiger charge is 2.64. The lowest BCUT2D eigenvalue weighted by atomic mass is 10.0. The van der Waals surface area contributed by atoms with Crippen LogP contribution in [0.25, 0.3) is 0 Å². The van der Waals surface area contributed by atoms with E-state index in [9.17, 15) is 0 Å². The molecule has 1 aliphatic rings. The Morgan fingerprint density at radius 3 is 2.47 bits per heavy atom. The highest BCUT2D eigenvalue weighted by Crippen LogP contribution is 2.68. The lowest BCUT2D eigenvalue weighted by Crippen LogP contribution is -2.10. The van der Waals surface area contributed by atoms with Gasteiger partial charge in [0.15, 0.2) is 0 Å². The maximum Gasteiger partial charge on any atom is 0.224 e. The molecule has 1 aromatic rings. The van der Waals surface area contributed by atoms with E-state index in [1.807, 2.05) is 0 Å². The normalized spacial score (nSPS) is 21.3. The van der Waals surface area contributed by atoms with Crippen LogP contribution in [-0.2, 0) is 0 Å². The first-order valence-electron chi connectivity index (χ1n) is 5.68. The third kappa shape index (κ3) is 2.17. The quantitative estimate of drug-likeness (QED) is 0.856. The van der Waals surface area contributed by atoms with E-state index in [2.05, 4.69) is 58.9 Å². The predicted molar refractivity (Wildman–Crippen MR) is 74.3 cm³/mol. The molecule has 2 rings (SSSR count). The highest BCUT2D eigenvalue weighted by atomic mass is 79.9. The van der Waals surface area contributed by atoms with Crippen molar-refractivity contribution >= 4 is 33.3 Å². The molecule has 1 aliphatic carbocycles. The molecule has 0 bridgehead atoms.